The highest BCUT2D eigenvalue weighted by molar-refractivity contribution is 9.11. The van der Waals surface area contributed by atoms with Gasteiger partial charge in [-0.3, -0.25) is 0 Å². The highest BCUT2D eigenvalue weighted by Crippen LogP contribution is 2.30. The second-order valence-electron chi connectivity index (χ2n) is 3.85. The first-order chi connectivity index (χ1) is 8.47. The molecule has 18 heavy (non-hydrogen) atoms. The minimum atomic E-state index is -0.470. The van der Waals surface area contributed by atoms with Crippen LogP contribution in [0.25, 0.3) is 0 Å². The van der Waals surface area contributed by atoms with Crippen molar-refractivity contribution in [3.8, 4) is 0 Å². The van der Waals surface area contributed by atoms with Crippen LogP contribution in [0.2, 0.25) is 5.02 Å². The van der Waals surface area contributed by atoms with Gasteiger partial charge in [0.15, 0.2) is 0 Å². The molecule has 1 nitrogen and oxygen atoms in total. The molecule has 0 heterocycles. The van der Waals surface area contributed by atoms with Crippen molar-refractivity contribution in [2.45, 2.75) is 6.04 Å². The molecule has 2 rings (SSSR count). The second-order valence-corrected chi connectivity index (χ2v) is 6.08. The fourth-order valence-corrected chi connectivity index (χ4v) is 3.25. The van der Waals surface area contributed by atoms with Crippen molar-refractivity contribution in [2.24, 2.45) is 5.73 Å². The van der Waals surface area contributed by atoms with Crippen LogP contribution in [0.1, 0.15) is 17.2 Å². The first-order valence-corrected chi connectivity index (χ1v) is 7.10. The first-order valence-electron chi connectivity index (χ1n) is 5.14. The van der Waals surface area contributed by atoms with Gasteiger partial charge in [-0.25, -0.2) is 4.39 Å². The van der Waals surface area contributed by atoms with Crippen LogP contribution in [0.5, 0.6) is 0 Å². The van der Waals surface area contributed by atoms with Gasteiger partial charge in [0.05, 0.1) is 6.04 Å². The Morgan fingerprint density at radius 3 is 2.28 bits per heavy atom. The number of benzene rings is 2. The number of nitrogens with two attached hydrogens (primary N) is 1. The molecule has 2 aromatic carbocycles. The first kappa shape index (κ1) is 14.0. The lowest BCUT2D eigenvalue weighted by atomic mass is 9.99. The zero-order valence-corrected chi connectivity index (χ0v) is 13.1. The van der Waals surface area contributed by atoms with Crippen LogP contribution in [-0.2, 0) is 0 Å². The summed E-state index contributed by atoms with van der Waals surface area (Å²) in [5.74, 6) is -0.348. The van der Waals surface area contributed by atoms with E-state index in [0.29, 0.717) is 10.6 Å². The van der Waals surface area contributed by atoms with Gasteiger partial charge in [0.1, 0.15) is 5.82 Å². The molecule has 2 aromatic rings. The molecule has 94 valence electrons. The van der Waals surface area contributed by atoms with Crippen molar-refractivity contribution >= 4 is 43.5 Å². The van der Waals surface area contributed by atoms with E-state index in [0.717, 1.165) is 14.5 Å². The van der Waals surface area contributed by atoms with Crippen molar-refractivity contribution in [1.29, 1.82) is 0 Å². The van der Waals surface area contributed by atoms with Crippen molar-refractivity contribution < 1.29 is 4.39 Å². The Labute approximate surface area is 126 Å². The van der Waals surface area contributed by atoms with Gasteiger partial charge in [-0.1, -0.05) is 43.5 Å². The van der Waals surface area contributed by atoms with Gasteiger partial charge in [-0.15, -0.1) is 0 Å². The maximum absolute atomic E-state index is 13.2. The third-order valence-electron chi connectivity index (χ3n) is 2.54. The van der Waals surface area contributed by atoms with E-state index in [9.17, 15) is 4.39 Å². The lowest BCUT2D eigenvalue weighted by Crippen LogP contribution is -2.12. The highest BCUT2D eigenvalue weighted by atomic mass is 79.9. The lowest BCUT2D eigenvalue weighted by Gasteiger charge is -2.15. The van der Waals surface area contributed by atoms with E-state index in [-0.39, 0.29) is 5.82 Å². The van der Waals surface area contributed by atoms with Crippen LogP contribution in [0.3, 0.4) is 0 Å². The van der Waals surface area contributed by atoms with Crippen LogP contribution < -0.4 is 5.73 Å². The van der Waals surface area contributed by atoms with Gasteiger partial charge in [0.2, 0.25) is 0 Å². The molecule has 1 unspecified atom stereocenters. The molecule has 0 spiro atoms. The topological polar surface area (TPSA) is 26.0 Å². The van der Waals surface area contributed by atoms with Crippen molar-refractivity contribution in [3.63, 3.8) is 0 Å². The van der Waals surface area contributed by atoms with Gasteiger partial charge < -0.3 is 5.73 Å². The highest BCUT2D eigenvalue weighted by Gasteiger charge is 2.14. The number of rotatable bonds is 2. The summed E-state index contributed by atoms with van der Waals surface area (Å²) in [5, 5.41) is 0.458. The molecule has 0 saturated carbocycles. The Morgan fingerprint density at radius 1 is 1.06 bits per heavy atom. The number of hydrogen-bond acceptors (Lipinski definition) is 1. The summed E-state index contributed by atoms with van der Waals surface area (Å²) in [4.78, 5) is 0. The minimum Gasteiger partial charge on any atom is -0.320 e. The fourth-order valence-electron chi connectivity index (χ4n) is 1.69. The van der Waals surface area contributed by atoms with E-state index < -0.39 is 6.04 Å². The molecule has 2 N–H and O–H groups in total. The van der Waals surface area contributed by atoms with Gasteiger partial charge in [0, 0.05) is 14.0 Å². The summed E-state index contributed by atoms with van der Waals surface area (Å²) in [7, 11) is 0. The molecular formula is C13H9Br2ClFN. The van der Waals surface area contributed by atoms with Crippen molar-refractivity contribution in [1.82, 2.24) is 0 Å². The molecule has 0 aliphatic rings. The van der Waals surface area contributed by atoms with Gasteiger partial charge in [0.25, 0.3) is 0 Å². The van der Waals surface area contributed by atoms with Gasteiger partial charge >= 0.3 is 0 Å². The summed E-state index contributed by atoms with van der Waals surface area (Å²) in [6, 6.07) is 9.40. The Morgan fingerprint density at radius 2 is 1.67 bits per heavy atom. The van der Waals surface area contributed by atoms with Crippen LogP contribution in [-0.4, -0.2) is 0 Å². The van der Waals surface area contributed by atoms with Crippen molar-refractivity contribution in [3.05, 3.63) is 67.3 Å². The molecule has 0 saturated heterocycles. The number of halogens is 4. The van der Waals surface area contributed by atoms with Crippen molar-refractivity contribution in [2.75, 3.05) is 0 Å². The molecule has 0 aromatic heterocycles. The van der Waals surface area contributed by atoms with Crippen LogP contribution in [0.4, 0.5) is 4.39 Å². The quantitative estimate of drug-likeness (QED) is 0.759. The Bertz CT molecular complexity index is 569. The van der Waals surface area contributed by atoms with E-state index >= 15 is 0 Å². The standard InChI is InChI=1S/C13H9Br2ClFN/c14-8-3-7(4-9(15)5-8)13(18)11-6-10(17)1-2-12(11)16/h1-6,13H,18H2. The molecule has 0 amide bonds. The van der Waals surface area contributed by atoms with Crippen LogP contribution in [0.15, 0.2) is 45.3 Å². The molecule has 0 bridgehead atoms. The smallest absolute Gasteiger partial charge is 0.123 e. The summed E-state index contributed by atoms with van der Waals surface area (Å²) in [5.41, 5.74) is 7.55. The average molecular weight is 393 g/mol. The molecule has 5 heteroatoms. The molecule has 0 fully saturated rings. The van der Waals surface area contributed by atoms with E-state index in [1.54, 1.807) is 0 Å². The lowest BCUT2D eigenvalue weighted by molar-refractivity contribution is 0.623. The predicted octanol–water partition coefficient (Wildman–Crippen LogP) is 5.05. The summed E-state index contributed by atoms with van der Waals surface area (Å²) in [6.45, 7) is 0. The molecule has 0 aliphatic heterocycles. The second kappa shape index (κ2) is 5.70. The molecular weight excluding hydrogens is 384 g/mol. The van der Waals surface area contributed by atoms with E-state index in [4.69, 9.17) is 17.3 Å². The summed E-state index contributed by atoms with van der Waals surface area (Å²) in [6.07, 6.45) is 0. The maximum Gasteiger partial charge on any atom is 0.123 e. The Balaban J connectivity index is 2.47. The van der Waals surface area contributed by atoms with E-state index in [1.807, 2.05) is 18.2 Å². The van der Waals surface area contributed by atoms with Gasteiger partial charge in [-0.05, 0) is 47.5 Å². The van der Waals surface area contributed by atoms with Crippen LogP contribution >= 0.6 is 43.5 Å². The molecule has 1 atom stereocenters. The molecule has 0 aliphatic carbocycles. The van der Waals surface area contributed by atoms with Crippen LogP contribution in [0, 0.1) is 5.82 Å². The number of hydrogen-bond donors (Lipinski definition) is 1. The normalized spacial score (nSPS) is 12.5. The molecule has 0 radical (unpaired) electrons. The summed E-state index contributed by atoms with van der Waals surface area (Å²) >= 11 is 12.8. The monoisotopic (exact) mass is 391 g/mol. The third kappa shape index (κ3) is 3.12. The third-order valence-corrected chi connectivity index (χ3v) is 3.80. The Kier molecular flexibility index (Phi) is 4.43. The zero-order valence-electron chi connectivity index (χ0n) is 9.13. The average Bonchev–Trinajstić information content (AvgIpc) is 2.30. The summed E-state index contributed by atoms with van der Waals surface area (Å²) < 4.78 is 15.0. The minimum absolute atomic E-state index is 0.348. The zero-order chi connectivity index (χ0) is 13.3. The maximum atomic E-state index is 13.2. The van der Waals surface area contributed by atoms with E-state index in [2.05, 4.69) is 31.9 Å². The Hall–Kier alpha value is -0.420. The predicted molar refractivity (Wildman–Crippen MR) is 79.3 cm³/mol. The van der Waals surface area contributed by atoms with Gasteiger partial charge in [-0.2, -0.15) is 0 Å². The SMILES string of the molecule is NC(c1cc(Br)cc(Br)c1)c1cc(F)ccc1Cl. The largest absolute Gasteiger partial charge is 0.320 e. The van der Waals surface area contributed by atoms with E-state index in [1.165, 1.54) is 18.2 Å². The fraction of sp³-hybridized carbons (Fsp3) is 0.0769.